The number of hydrogen-bond acceptors (Lipinski definition) is 4. The Balaban J connectivity index is 2.26. The Kier molecular flexibility index (Phi) is 4.57. The van der Waals surface area contributed by atoms with Crippen LogP contribution in [-0.2, 0) is 11.3 Å². The van der Waals surface area contributed by atoms with Gasteiger partial charge in [0.15, 0.2) is 5.16 Å². The van der Waals surface area contributed by atoms with Crippen molar-refractivity contribution in [3.63, 3.8) is 0 Å². The summed E-state index contributed by atoms with van der Waals surface area (Å²) in [6, 6.07) is 9.37. The van der Waals surface area contributed by atoms with E-state index < -0.39 is 5.97 Å². The molecule has 0 aliphatic carbocycles. The van der Waals surface area contributed by atoms with Crippen molar-refractivity contribution in [1.82, 2.24) is 9.55 Å². The summed E-state index contributed by atoms with van der Waals surface area (Å²) in [7, 11) is 0. The number of aryl methyl sites for hydroxylation is 1. The molecule has 0 unspecified atom stereocenters. The minimum absolute atomic E-state index is 0.121. The van der Waals surface area contributed by atoms with Gasteiger partial charge in [-0.3, -0.25) is 9.59 Å². The summed E-state index contributed by atoms with van der Waals surface area (Å²) in [4.78, 5) is 25.8. The van der Waals surface area contributed by atoms with E-state index in [1.54, 1.807) is 10.8 Å². The Morgan fingerprint density at radius 2 is 2.20 bits per heavy atom. The van der Waals surface area contributed by atoms with Gasteiger partial charge < -0.3 is 9.67 Å². The van der Waals surface area contributed by atoms with Gasteiger partial charge in [-0.1, -0.05) is 41.6 Å². The second-order valence-electron chi connectivity index (χ2n) is 4.35. The molecule has 0 bridgehead atoms. The van der Waals surface area contributed by atoms with Gasteiger partial charge in [-0.15, -0.1) is 0 Å². The summed E-state index contributed by atoms with van der Waals surface area (Å²) in [5.74, 6) is -1.06. The average molecular weight is 290 g/mol. The largest absolute Gasteiger partial charge is 0.481 e. The summed E-state index contributed by atoms with van der Waals surface area (Å²) in [6.07, 6.45) is 1.64. The highest BCUT2D eigenvalue weighted by Gasteiger charge is 2.07. The first-order valence-electron chi connectivity index (χ1n) is 6.02. The Hall–Kier alpha value is -2.08. The first-order chi connectivity index (χ1) is 9.54. The van der Waals surface area contributed by atoms with Gasteiger partial charge in [0, 0.05) is 18.8 Å². The minimum Gasteiger partial charge on any atom is -0.481 e. The van der Waals surface area contributed by atoms with E-state index in [4.69, 9.17) is 5.11 Å². The van der Waals surface area contributed by atoms with Crippen LogP contribution < -0.4 is 5.56 Å². The van der Waals surface area contributed by atoms with E-state index in [0.29, 0.717) is 11.7 Å². The molecule has 1 heterocycles. The van der Waals surface area contributed by atoms with E-state index in [-0.39, 0.29) is 11.3 Å². The number of carboxylic acids is 1. The molecule has 0 fully saturated rings. The Bertz CT molecular complexity index is 682. The van der Waals surface area contributed by atoms with Crippen molar-refractivity contribution < 1.29 is 9.90 Å². The predicted molar refractivity (Wildman–Crippen MR) is 77.1 cm³/mol. The summed E-state index contributed by atoms with van der Waals surface area (Å²) >= 11 is 1.05. The summed E-state index contributed by atoms with van der Waals surface area (Å²) in [5.41, 5.74) is 1.86. The number of rotatable bonds is 5. The average Bonchev–Trinajstić information content (AvgIpc) is 2.39. The second kappa shape index (κ2) is 6.38. The van der Waals surface area contributed by atoms with E-state index in [9.17, 15) is 9.59 Å². The molecule has 2 aromatic rings. The number of benzene rings is 1. The predicted octanol–water partition coefficient (Wildman–Crippen LogP) is 1.78. The van der Waals surface area contributed by atoms with Crippen molar-refractivity contribution in [3.05, 3.63) is 58.0 Å². The third-order valence-electron chi connectivity index (χ3n) is 2.61. The summed E-state index contributed by atoms with van der Waals surface area (Å²) < 4.78 is 1.78. The molecule has 5 nitrogen and oxygen atoms in total. The smallest absolute Gasteiger partial charge is 0.313 e. The fourth-order valence-electron chi connectivity index (χ4n) is 1.78. The van der Waals surface area contributed by atoms with E-state index in [1.165, 1.54) is 6.07 Å². The molecule has 1 N–H and O–H groups in total. The molecule has 1 aromatic heterocycles. The highest BCUT2D eigenvalue weighted by Crippen LogP contribution is 2.15. The molecule has 0 amide bonds. The fourth-order valence-corrected chi connectivity index (χ4v) is 2.48. The van der Waals surface area contributed by atoms with Gasteiger partial charge in [0.1, 0.15) is 0 Å². The van der Waals surface area contributed by atoms with E-state index in [2.05, 4.69) is 4.98 Å². The summed E-state index contributed by atoms with van der Waals surface area (Å²) in [6.45, 7) is 2.56. The van der Waals surface area contributed by atoms with Crippen LogP contribution in [0.3, 0.4) is 0 Å². The van der Waals surface area contributed by atoms with Gasteiger partial charge in [0.05, 0.1) is 5.75 Å². The summed E-state index contributed by atoms with van der Waals surface area (Å²) in [5, 5.41) is 9.14. The van der Waals surface area contributed by atoms with Crippen LogP contribution in [-0.4, -0.2) is 26.4 Å². The van der Waals surface area contributed by atoms with Crippen LogP contribution in [0.25, 0.3) is 0 Å². The van der Waals surface area contributed by atoms with Crippen molar-refractivity contribution in [1.29, 1.82) is 0 Å². The number of carbonyl (C=O) groups is 1. The number of aromatic nitrogens is 2. The molecular weight excluding hydrogens is 276 g/mol. The SMILES string of the molecule is Cc1cccc(Cn2ccc(=O)nc2SCC(=O)O)c1. The van der Waals surface area contributed by atoms with Gasteiger partial charge in [0.25, 0.3) is 5.56 Å². The maximum Gasteiger partial charge on any atom is 0.313 e. The van der Waals surface area contributed by atoms with Gasteiger partial charge in [-0.05, 0) is 12.5 Å². The van der Waals surface area contributed by atoms with Crippen LogP contribution in [0, 0.1) is 6.92 Å². The molecule has 0 aliphatic heterocycles. The molecule has 0 radical (unpaired) electrons. The topological polar surface area (TPSA) is 72.2 Å². The third kappa shape index (κ3) is 3.96. The first kappa shape index (κ1) is 14.3. The van der Waals surface area contributed by atoms with Crippen molar-refractivity contribution >= 4 is 17.7 Å². The molecule has 0 aliphatic rings. The maximum absolute atomic E-state index is 11.3. The van der Waals surface area contributed by atoms with E-state index in [0.717, 1.165) is 22.9 Å². The number of hydrogen-bond donors (Lipinski definition) is 1. The van der Waals surface area contributed by atoms with Gasteiger partial charge in [-0.2, -0.15) is 4.98 Å². The Morgan fingerprint density at radius 1 is 1.40 bits per heavy atom. The lowest BCUT2D eigenvalue weighted by molar-refractivity contribution is -0.133. The second-order valence-corrected chi connectivity index (χ2v) is 5.29. The fraction of sp³-hybridized carbons (Fsp3) is 0.214. The van der Waals surface area contributed by atoms with Gasteiger partial charge >= 0.3 is 5.97 Å². The molecule has 20 heavy (non-hydrogen) atoms. The number of aliphatic carboxylic acids is 1. The Labute approximate surface area is 120 Å². The van der Waals surface area contributed by atoms with E-state index in [1.807, 2.05) is 31.2 Å². The molecule has 0 saturated heterocycles. The van der Waals surface area contributed by atoms with Gasteiger partial charge in [0.2, 0.25) is 0 Å². The van der Waals surface area contributed by atoms with Gasteiger partial charge in [-0.25, -0.2) is 0 Å². The zero-order chi connectivity index (χ0) is 14.5. The minimum atomic E-state index is -0.935. The van der Waals surface area contributed by atoms with Crippen molar-refractivity contribution in [2.45, 2.75) is 18.6 Å². The number of nitrogens with zero attached hydrogens (tertiary/aromatic N) is 2. The molecule has 0 saturated carbocycles. The highest BCUT2D eigenvalue weighted by atomic mass is 32.2. The van der Waals surface area contributed by atoms with Crippen LogP contribution in [0.2, 0.25) is 0 Å². The lowest BCUT2D eigenvalue weighted by atomic mass is 10.1. The molecule has 0 spiro atoms. The quantitative estimate of drug-likeness (QED) is 0.671. The highest BCUT2D eigenvalue weighted by molar-refractivity contribution is 7.99. The molecule has 6 heteroatoms. The zero-order valence-electron chi connectivity index (χ0n) is 10.9. The Morgan fingerprint density at radius 3 is 2.90 bits per heavy atom. The lowest BCUT2D eigenvalue weighted by Gasteiger charge is -2.11. The van der Waals surface area contributed by atoms with Crippen LogP contribution in [0.15, 0.2) is 46.5 Å². The monoisotopic (exact) mass is 290 g/mol. The van der Waals surface area contributed by atoms with Crippen molar-refractivity contribution in [2.75, 3.05) is 5.75 Å². The zero-order valence-corrected chi connectivity index (χ0v) is 11.8. The normalized spacial score (nSPS) is 10.4. The first-order valence-corrected chi connectivity index (χ1v) is 7.01. The standard InChI is InChI=1S/C14H14N2O3S/c1-10-3-2-4-11(7-10)8-16-6-5-12(17)15-14(16)20-9-13(18)19/h2-7H,8-9H2,1H3,(H,18,19). The molecule has 2 rings (SSSR count). The maximum atomic E-state index is 11.3. The molecular formula is C14H14N2O3S. The third-order valence-corrected chi connectivity index (χ3v) is 3.58. The molecule has 104 valence electrons. The lowest BCUT2D eigenvalue weighted by Crippen LogP contribution is -2.15. The van der Waals surface area contributed by atoms with E-state index >= 15 is 0 Å². The number of carboxylic acid groups (broad SMARTS) is 1. The van der Waals surface area contributed by atoms with Crippen LogP contribution in [0.4, 0.5) is 0 Å². The van der Waals surface area contributed by atoms with Crippen molar-refractivity contribution in [2.24, 2.45) is 0 Å². The van der Waals surface area contributed by atoms with Crippen LogP contribution in [0.1, 0.15) is 11.1 Å². The molecule has 0 atom stereocenters. The number of thioether (sulfide) groups is 1. The molecule has 1 aromatic carbocycles. The van der Waals surface area contributed by atoms with Crippen LogP contribution >= 0.6 is 11.8 Å². The van der Waals surface area contributed by atoms with Crippen LogP contribution in [0.5, 0.6) is 0 Å². The van der Waals surface area contributed by atoms with Crippen molar-refractivity contribution in [3.8, 4) is 0 Å².